The molecule has 0 spiro atoms. The van der Waals surface area contributed by atoms with Crippen LogP contribution in [0.25, 0.3) is 0 Å². The smallest absolute Gasteiger partial charge is 0.127 e. The number of hydrogen-bond donors (Lipinski definition) is 1. The zero-order valence-electron chi connectivity index (χ0n) is 8.71. The number of rotatable bonds is 3. The fourth-order valence-electron chi connectivity index (χ4n) is 1.39. The molecule has 0 fully saturated rings. The van der Waals surface area contributed by atoms with Gasteiger partial charge >= 0.3 is 0 Å². The van der Waals surface area contributed by atoms with Crippen molar-refractivity contribution >= 4 is 9.24 Å². The summed E-state index contributed by atoms with van der Waals surface area (Å²) < 4.78 is 5.65. The quantitative estimate of drug-likeness (QED) is 0.822. The van der Waals surface area contributed by atoms with Crippen molar-refractivity contribution in [1.29, 1.82) is 0 Å². The molecule has 2 aromatic carbocycles. The number of hydrogen-bond acceptors (Lipinski definition) is 2. The van der Waals surface area contributed by atoms with Gasteiger partial charge in [0.05, 0.1) is 5.85 Å². The molecular formula is C13H13O2P. The molecule has 0 saturated carbocycles. The summed E-state index contributed by atoms with van der Waals surface area (Å²) in [6, 6.07) is 17.0. The first kappa shape index (κ1) is 11.1. The van der Waals surface area contributed by atoms with E-state index in [-0.39, 0.29) is 0 Å². The molecule has 2 atom stereocenters. The number of para-hydroxylation sites is 1. The van der Waals surface area contributed by atoms with Gasteiger partial charge in [-0.05, 0) is 29.8 Å². The Morgan fingerprint density at radius 2 is 1.62 bits per heavy atom. The largest absolute Gasteiger partial charge is 0.457 e. The second kappa shape index (κ2) is 5.11. The monoisotopic (exact) mass is 232 g/mol. The highest BCUT2D eigenvalue weighted by atomic mass is 31.0. The fourth-order valence-corrected chi connectivity index (χ4v) is 1.59. The van der Waals surface area contributed by atoms with Gasteiger partial charge in [0.1, 0.15) is 11.5 Å². The first-order valence-electron chi connectivity index (χ1n) is 5.02. The molecule has 0 aromatic heterocycles. The highest BCUT2D eigenvalue weighted by Crippen LogP contribution is 2.26. The van der Waals surface area contributed by atoms with Crippen LogP contribution in [0.1, 0.15) is 11.4 Å². The highest BCUT2D eigenvalue weighted by molar-refractivity contribution is 7.16. The number of ether oxygens (including phenoxy) is 1. The van der Waals surface area contributed by atoms with Gasteiger partial charge in [-0.1, -0.05) is 30.3 Å². The average molecular weight is 232 g/mol. The third-order valence-corrected chi connectivity index (χ3v) is 2.56. The second-order valence-corrected chi connectivity index (χ2v) is 4.06. The van der Waals surface area contributed by atoms with Crippen molar-refractivity contribution in [3.63, 3.8) is 0 Å². The summed E-state index contributed by atoms with van der Waals surface area (Å²) in [5, 5.41) is 9.42. The molecule has 2 nitrogen and oxygen atoms in total. The molecule has 2 aromatic rings. The van der Waals surface area contributed by atoms with Crippen LogP contribution in [-0.4, -0.2) is 5.11 Å². The van der Waals surface area contributed by atoms with Crippen LogP contribution in [0.4, 0.5) is 0 Å². The van der Waals surface area contributed by atoms with Gasteiger partial charge in [-0.25, -0.2) is 0 Å². The van der Waals surface area contributed by atoms with Gasteiger partial charge < -0.3 is 9.84 Å². The van der Waals surface area contributed by atoms with E-state index in [0.717, 1.165) is 17.1 Å². The molecule has 0 heterocycles. The Bertz CT molecular complexity index is 454. The van der Waals surface area contributed by atoms with Gasteiger partial charge in [-0.3, -0.25) is 0 Å². The Hall–Kier alpha value is -1.37. The highest BCUT2D eigenvalue weighted by Gasteiger charge is 2.02. The van der Waals surface area contributed by atoms with Crippen LogP contribution in [0.5, 0.6) is 11.5 Å². The molecular weight excluding hydrogens is 219 g/mol. The molecule has 0 aliphatic rings. The minimum atomic E-state index is -0.556. The lowest BCUT2D eigenvalue weighted by Gasteiger charge is -2.08. The summed E-state index contributed by atoms with van der Waals surface area (Å²) in [7, 11) is 2.34. The lowest BCUT2D eigenvalue weighted by Crippen LogP contribution is -1.89. The van der Waals surface area contributed by atoms with E-state index in [2.05, 4.69) is 9.24 Å². The Balaban J connectivity index is 2.19. The lowest BCUT2D eigenvalue weighted by molar-refractivity contribution is 0.269. The van der Waals surface area contributed by atoms with Gasteiger partial charge in [0.15, 0.2) is 0 Å². The van der Waals surface area contributed by atoms with E-state index >= 15 is 0 Å². The summed E-state index contributed by atoms with van der Waals surface area (Å²) in [4.78, 5) is 0. The van der Waals surface area contributed by atoms with E-state index < -0.39 is 5.85 Å². The van der Waals surface area contributed by atoms with Crippen LogP contribution in [0.15, 0.2) is 54.6 Å². The molecule has 0 aliphatic heterocycles. The number of aliphatic hydroxyl groups excluding tert-OH is 1. The molecule has 2 rings (SSSR count). The molecule has 16 heavy (non-hydrogen) atoms. The van der Waals surface area contributed by atoms with Crippen molar-refractivity contribution < 1.29 is 9.84 Å². The van der Waals surface area contributed by atoms with Crippen LogP contribution >= 0.6 is 9.24 Å². The predicted octanol–water partition coefficient (Wildman–Crippen LogP) is 3.34. The van der Waals surface area contributed by atoms with Gasteiger partial charge in [0, 0.05) is 0 Å². The van der Waals surface area contributed by atoms with Crippen molar-refractivity contribution in [1.82, 2.24) is 0 Å². The van der Waals surface area contributed by atoms with Crippen LogP contribution < -0.4 is 4.74 Å². The van der Waals surface area contributed by atoms with Gasteiger partial charge in [0.2, 0.25) is 0 Å². The molecule has 82 valence electrons. The van der Waals surface area contributed by atoms with E-state index in [1.165, 1.54) is 0 Å². The third-order valence-electron chi connectivity index (χ3n) is 2.18. The van der Waals surface area contributed by atoms with Gasteiger partial charge in [-0.2, -0.15) is 0 Å². The minimum absolute atomic E-state index is 0.556. The summed E-state index contributed by atoms with van der Waals surface area (Å²) in [5.41, 5.74) is 0.818. The van der Waals surface area contributed by atoms with Crippen molar-refractivity contribution in [3.8, 4) is 11.5 Å². The minimum Gasteiger partial charge on any atom is -0.457 e. The van der Waals surface area contributed by atoms with Crippen LogP contribution in [0, 0.1) is 0 Å². The zero-order chi connectivity index (χ0) is 11.4. The third kappa shape index (κ3) is 2.82. The van der Waals surface area contributed by atoms with E-state index in [0.29, 0.717) is 0 Å². The average Bonchev–Trinajstić information content (AvgIpc) is 2.30. The maximum atomic E-state index is 9.42. The van der Waals surface area contributed by atoms with Gasteiger partial charge in [0.25, 0.3) is 0 Å². The standard InChI is InChI=1S/C13H13O2P/c14-13(16)10-5-4-8-12(9-10)15-11-6-2-1-3-7-11/h1-9,13-14H,16H2. The molecule has 0 aliphatic carbocycles. The molecule has 0 radical (unpaired) electrons. The Kier molecular flexibility index (Phi) is 3.55. The summed E-state index contributed by atoms with van der Waals surface area (Å²) >= 11 is 0. The number of benzene rings is 2. The number of aliphatic hydroxyl groups is 1. The van der Waals surface area contributed by atoms with Crippen molar-refractivity contribution in [2.24, 2.45) is 0 Å². The maximum absolute atomic E-state index is 9.42. The normalized spacial score (nSPS) is 12.1. The fraction of sp³-hybridized carbons (Fsp3) is 0.0769. The first-order valence-corrected chi connectivity index (χ1v) is 5.69. The summed E-state index contributed by atoms with van der Waals surface area (Å²) in [6.45, 7) is 0. The molecule has 2 unspecified atom stereocenters. The topological polar surface area (TPSA) is 29.5 Å². The second-order valence-electron chi connectivity index (χ2n) is 3.43. The molecule has 0 bridgehead atoms. The first-order chi connectivity index (χ1) is 7.75. The van der Waals surface area contributed by atoms with Crippen molar-refractivity contribution in [2.45, 2.75) is 5.85 Å². The molecule has 0 saturated heterocycles. The van der Waals surface area contributed by atoms with Crippen molar-refractivity contribution in [2.75, 3.05) is 0 Å². The Labute approximate surface area is 97.1 Å². The lowest BCUT2D eigenvalue weighted by atomic mass is 10.2. The van der Waals surface area contributed by atoms with Crippen LogP contribution in [-0.2, 0) is 0 Å². The van der Waals surface area contributed by atoms with Gasteiger partial charge in [-0.15, -0.1) is 9.24 Å². The van der Waals surface area contributed by atoms with E-state index in [1.807, 2.05) is 54.6 Å². The van der Waals surface area contributed by atoms with Crippen molar-refractivity contribution in [3.05, 3.63) is 60.2 Å². The molecule has 0 amide bonds. The summed E-state index contributed by atoms with van der Waals surface area (Å²) in [6.07, 6.45) is 0. The summed E-state index contributed by atoms with van der Waals surface area (Å²) in [5.74, 6) is 0.961. The van der Waals surface area contributed by atoms with Crippen LogP contribution in [0.3, 0.4) is 0 Å². The Morgan fingerprint density at radius 3 is 2.31 bits per heavy atom. The predicted molar refractivity (Wildman–Crippen MR) is 67.6 cm³/mol. The molecule has 1 N–H and O–H groups in total. The van der Waals surface area contributed by atoms with E-state index in [9.17, 15) is 5.11 Å². The van der Waals surface area contributed by atoms with E-state index in [4.69, 9.17) is 4.74 Å². The zero-order valence-corrected chi connectivity index (χ0v) is 9.86. The molecule has 3 heteroatoms. The SMILES string of the molecule is OC(P)c1cccc(Oc2ccccc2)c1. The van der Waals surface area contributed by atoms with E-state index in [1.54, 1.807) is 0 Å². The Morgan fingerprint density at radius 1 is 0.938 bits per heavy atom. The maximum Gasteiger partial charge on any atom is 0.127 e. The van der Waals surface area contributed by atoms with Crippen LogP contribution in [0.2, 0.25) is 0 Å².